The Morgan fingerprint density at radius 1 is 1.36 bits per heavy atom. The molecule has 0 atom stereocenters. The van der Waals surface area contributed by atoms with Crippen LogP contribution in [0.4, 0.5) is 0 Å². The van der Waals surface area contributed by atoms with Gasteiger partial charge in [0.15, 0.2) is 0 Å². The van der Waals surface area contributed by atoms with E-state index in [9.17, 15) is 0 Å². The Labute approximate surface area is 93.1 Å². The Morgan fingerprint density at radius 2 is 2.07 bits per heavy atom. The first kappa shape index (κ1) is 12.7. The number of rotatable bonds is 2. The van der Waals surface area contributed by atoms with Gasteiger partial charge in [0, 0.05) is 5.02 Å². The summed E-state index contributed by atoms with van der Waals surface area (Å²) in [5.74, 6) is -0.0710. The Balaban J connectivity index is 0.00000169. The molecular weight excluding hydrogens is 223 g/mol. The van der Waals surface area contributed by atoms with Crippen molar-refractivity contribution >= 4 is 36.2 Å². The molecule has 0 aliphatic carbocycles. The molecule has 76 valence electrons. The third kappa shape index (κ3) is 4.69. The molecule has 0 aliphatic rings. The molecule has 0 heterocycles. The zero-order valence-electron chi connectivity index (χ0n) is 7.22. The van der Waals surface area contributed by atoms with Gasteiger partial charge in [0.1, 0.15) is 0 Å². The highest BCUT2D eigenvalue weighted by Gasteiger charge is 1.88. The van der Waals surface area contributed by atoms with E-state index in [1.807, 2.05) is 12.1 Å². The zero-order chi connectivity index (χ0) is 9.68. The van der Waals surface area contributed by atoms with Gasteiger partial charge in [0.25, 0.3) is 0 Å². The van der Waals surface area contributed by atoms with Gasteiger partial charge in [-0.3, -0.25) is 0 Å². The van der Waals surface area contributed by atoms with Crippen LogP contribution < -0.4 is 11.5 Å². The molecule has 14 heavy (non-hydrogen) atoms. The summed E-state index contributed by atoms with van der Waals surface area (Å²) < 4.78 is 0. The number of hydrogen-bond donors (Lipinski definition) is 2. The predicted molar refractivity (Wildman–Crippen MR) is 62.1 cm³/mol. The van der Waals surface area contributed by atoms with E-state index >= 15 is 0 Å². The number of nitrogens with zero attached hydrogens (tertiary/aromatic N) is 2. The van der Waals surface area contributed by atoms with Crippen molar-refractivity contribution in [2.45, 2.75) is 0 Å². The smallest absolute Gasteiger partial charge is 0.211 e. The van der Waals surface area contributed by atoms with Gasteiger partial charge in [-0.05, 0) is 17.7 Å². The Hall–Kier alpha value is -1.26. The fourth-order valence-corrected chi connectivity index (χ4v) is 0.948. The molecule has 4 nitrogen and oxygen atoms in total. The van der Waals surface area contributed by atoms with E-state index in [1.54, 1.807) is 12.1 Å². The highest BCUT2D eigenvalue weighted by Crippen LogP contribution is 2.08. The van der Waals surface area contributed by atoms with E-state index in [0.29, 0.717) is 5.02 Å². The van der Waals surface area contributed by atoms with Crippen molar-refractivity contribution in [3.63, 3.8) is 0 Å². The molecule has 0 fully saturated rings. The maximum atomic E-state index is 5.74. The molecule has 0 saturated heterocycles. The van der Waals surface area contributed by atoms with Crippen LogP contribution in [0.5, 0.6) is 0 Å². The minimum atomic E-state index is -0.0710. The molecule has 0 amide bonds. The van der Waals surface area contributed by atoms with E-state index in [-0.39, 0.29) is 18.4 Å². The first-order valence-corrected chi connectivity index (χ1v) is 3.94. The summed E-state index contributed by atoms with van der Waals surface area (Å²) in [5, 5.41) is 7.73. The van der Waals surface area contributed by atoms with Crippen LogP contribution in [0, 0.1) is 0 Å². The van der Waals surface area contributed by atoms with Crippen molar-refractivity contribution < 1.29 is 0 Å². The number of hydrogen-bond acceptors (Lipinski definition) is 2. The van der Waals surface area contributed by atoms with E-state index in [4.69, 9.17) is 23.1 Å². The van der Waals surface area contributed by atoms with Crippen molar-refractivity contribution in [1.82, 2.24) is 0 Å². The third-order valence-electron chi connectivity index (χ3n) is 1.23. The molecule has 6 heteroatoms. The summed E-state index contributed by atoms with van der Waals surface area (Å²) in [6.07, 6.45) is 1.52. The van der Waals surface area contributed by atoms with Crippen LogP contribution in [0.1, 0.15) is 5.56 Å². The van der Waals surface area contributed by atoms with Crippen LogP contribution in [-0.4, -0.2) is 12.2 Å². The molecule has 0 aliphatic heterocycles. The van der Waals surface area contributed by atoms with E-state index < -0.39 is 0 Å². The van der Waals surface area contributed by atoms with Gasteiger partial charge in [-0.25, -0.2) is 0 Å². The van der Waals surface area contributed by atoms with E-state index in [1.165, 1.54) is 6.21 Å². The second-order valence-electron chi connectivity index (χ2n) is 2.32. The van der Waals surface area contributed by atoms with Crippen molar-refractivity contribution in [1.29, 1.82) is 0 Å². The molecule has 1 aromatic carbocycles. The summed E-state index contributed by atoms with van der Waals surface area (Å²) in [4.78, 5) is 0. The number of guanidine groups is 1. The lowest BCUT2D eigenvalue weighted by atomic mass is 10.2. The quantitative estimate of drug-likeness (QED) is 0.459. The normalized spacial score (nSPS) is 9.50. The van der Waals surface area contributed by atoms with Crippen LogP contribution in [-0.2, 0) is 0 Å². The van der Waals surface area contributed by atoms with Crippen LogP contribution in [0.25, 0.3) is 0 Å². The largest absolute Gasteiger partial charge is 0.369 e. The Morgan fingerprint density at radius 3 is 2.64 bits per heavy atom. The fraction of sp³-hybridized carbons (Fsp3) is 0. The van der Waals surface area contributed by atoms with Gasteiger partial charge >= 0.3 is 0 Å². The lowest BCUT2D eigenvalue weighted by Gasteiger charge is -1.91. The second-order valence-corrected chi connectivity index (χ2v) is 2.76. The molecule has 0 radical (unpaired) electrons. The summed E-state index contributed by atoms with van der Waals surface area (Å²) >= 11 is 5.74. The number of nitrogens with two attached hydrogens (primary N) is 2. The molecule has 0 unspecified atom stereocenters. The first-order valence-electron chi connectivity index (χ1n) is 3.56. The number of benzene rings is 1. The first-order chi connectivity index (χ1) is 6.18. The van der Waals surface area contributed by atoms with Crippen molar-refractivity contribution in [2.24, 2.45) is 21.7 Å². The zero-order valence-corrected chi connectivity index (χ0v) is 8.79. The molecular formula is C8H10Cl2N4. The predicted octanol–water partition coefficient (Wildman–Crippen LogP) is 1.37. The second kappa shape index (κ2) is 6.23. The highest BCUT2D eigenvalue weighted by atomic mass is 35.5. The minimum Gasteiger partial charge on any atom is -0.369 e. The molecule has 0 spiro atoms. The van der Waals surface area contributed by atoms with Crippen molar-refractivity contribution in [2.75, 3.05) is 0 Å². The van der Waals surface area contributed by atoms with Gasteiger partial charge in [-0.2, -0.15) is 5.10 Å². The highest BCUT2D eigenvalue weighted by molar-refractivity contribution is 6.30. The Bertz CT molecular complexity index is 345. The molecule has 1 rings (SSSR count). The summed E-state index contributed by atoms with van der Waals surface area (Å²) in [6, 6.07) is 7.20. The molecule has 0 bridgehead atoms. The van der Waals surface area contributed by atoms with E-state index in [0.717, 1.165) is 5.56 Å². The average molecular weight is 233 g/mol. The SMILES string of the molecule is Cl.NC(N)=NN=Cc1cccc(Cl)c1. The molecule has 4 N–H and O–H groups in total. The van der Waals surface area contributed by atoms with Crippen LogP contribution in [0.3, 0.4) is 0 Å². The maximum absolute atomic E-state index is 5.74. The standard InChI is InChI=1S/C8H9ClN4.ClH/c9-7-3-1-2-6(4-7)5-12-13-8(10)11;/h1-5H,(H4,10,11,13);1H. The van der Waals surface area contributed by atoms with Crippen LogP contribution in [0.15, 0.2) is 34.5 Å². The van der Waals surface area contributed by atoms with Gasteiger partial charge in [0.2, 0.25) is 5.96 Å². The summed E-state index contributed by atoms with van der Waals surface area (Å²) in [7, 11) is 0. The molecule has 0 saturated carbocycles. The maximum Gasteiger partial charge on any atom is 0.211 e. The summed E-state index contributed by atoms with van der Waals surface area (Å²) in [5.41, 5.74) is 11.0. The monoisotopic (exact) mass is 232 g/mol. The van der Waals surface area contributed by atoms with Crippen LogP contribution in [0.2, 0.25) is 5.02 Å². The molecule has 1 aromatic rings. The fourth-order valence-electron chi connectivity index (χ4n) is 0.749. The van der Waals surface area contributed by atoms with Crippen LogP contribution >= 0.6 is 24.0 Å². The molecule has 0 aromatic heterocycles. The van der Waals surface area contributed by atoms with Crippen molar-refractivity contribution in [3.05, 3.63) is 34.9 Å². The van der Waals surface area contributed by atoms with Gasteiger partial charge in [0.05, 0.1) is 6.21 Å². The lowest BCUT2D eigenvalue weighted by Crippen LogP contribution is -2.21. The third-order valence-corrected chi connectivity index (χ3v) is 1.46. The van der Waals surface area contributed by atoms with Crippen molar-refractivity contribution in [3.8, 4) is 0 Å². The number of halogens is 2. The lowest BCUT2D eigenvalue weighted by molar-refractivity contribution is 1.21. The van der Waals surface area contributed by atoms with Gasteiger partial charge in [-0.15, -0.1) is 17.5 Å². The average Bonchev–Trinajstić information content (AvgIpc) is 2.03. The topological polar surface area (TPSA) is 76.8 Å². The van der Waals surface area contributed by atoms with E-state index in [2.05, 4.69) is 10.2 Å². The Kier molecular flexibility index (Phi) is 5.67. The minimum absolute atomic E-state index is 0. The summed E-state index contributed by atoms with van der Waals surface area (Å²) in [6.45, 7) is 0. The van der Waals surface area contributed by atoms with Gasteiger partial charge < -0.3 is 11.5 Å². The van der Waals surface area contributed by atoms with Gasteiger partial charge in [-0.1, -0.05) is 23.7 Å².